The molecule has 1 unspecified atom stereocenters. The highest BCUT2D eigenvalue weighted by Gasteiger charge is 2.23. The normalized spacial score (nSPS) is 20.8. The minimum atomic E-state index is -3.50. The zero-order chi connectivity index (χ0) is 13.2. The van der Waals surface area contributed by atoms with E-state index >= 15 is 0 Å². The van der Waals surface area contributed by atoms with E-state index in [2.05, 4.69) is 4.72 Å². The van der Waals surface area contributed by atoms with Crippen LogP contribution in [-0.4, -0.2) is 26.0 Å². The largest absolute Gasteiger partial charge is 0.398 e. The van der Waals surface area contributed by atoms with E-state index in [-0.39, 0.29) is 10.9 Å². The maximum Gasteiger partial charge on any atom is 0.242 e. The number of sulfonamides is 1. The molecule has 6 heteroatoms. The van der Waals surface area contributed by atoms with E-state index in [1.807, 2.05) is 6.92 Å². The van der Waals surface area contributed by atoms with E-state index < -0.39 is 10.0 Å². The Balaban J connectivity index is 2.19. The first-order valence-electron chi connectivity index (χ1n) is 5.95. The lowest BCUT2D eigenvalue weighted by Crippen LogP contribution is -2.38. The molecule has 1 heterocycles. The molecule has 0 saturated carbocycles. The van der Waals surface area contributed by atoms with Crippen LogP contribution in [0.4, 0.5) is 5.69 Å². The summed E-state index contributed by atoms with van der Waals surface area (Å²) in [5.74, 6) is 1.95. The molecule has 0 aliphatic carbocycles. The Bertz CT molecular complexity index is 523. The van der Waals surface area contributed by atoms with Crippen molar-refractivity contribution in [3.63, 3.8) is 0 Å². The lowest BCUT2D eigenvalue weighted by atomic mass is 10.2. The van der Waals surface area contributed by atoms with Crippen LogP contribution in [0.3, 0.4) is 0 Å². The average molecular weight is 286 g/mol. The zero-order valence-electron chi connectivity index (χ0n) is 10.3. The molecule has 1 aromatic carbocycles. The Hall–Kier alpha value is -0.720. The number of benzene rings is 1. The Morgan fingerprint density at radius 3 is 2.83 bits per heavy atom. The van der Waals surface area contributed by atoms with E-state index in [0.29, 0.717) is 5.69 Å². The van der Waals surface area contributed by atoms with Gasteiger partial charge in [0.05, 0.1) is 5.69 Å². The molecule has 0 amide bonds. The molecule has 4 nitrogen and oxygen atoms in total. The summed E-state index contributed by atoms with van der Waals surface area (Å²) >= 11 is 1.79. The molecule has 1 aliphatic rings. The average Bonchev–Trinajstić information content (AvgIpc) is 2.29. The standard InChI is InChI=1S/C12H18N2O2S2/c1-9-4-5-12(11(13)7-9)18(15,16)14-10-3-2-6-17-8-10/h4-5,7,10,14H,2-3,6,8,13H2,1H3. The molecule has 1 fully saturated rings. The molecule has 1 atom stereocenters. The highest BCUT2D eigenvalue weighted by atomic mass is 32.2. The number of nitrogens with one attached hydrogen (secondary N) is 1. The number of anilines is 1. The van der Waals surface area contributed by atoms with Gasteiger partial charge in [0.2, 0.25) is 10.0 Å². The lowest BCUT2D eigenvalue weighted by molar-refractivity contribution is 0.543. The third-order valence-corrected chi connectivity index (χ3v) is 5.75. The Morgan fingerprint density at radius 2 is 2.22 bits per heavy atom. The second-order valence-electron chi connectivity index (χ2n) is 4.58. The van der Waals surface area contributed by atoms with Gasteiger partial charge in [-0.05, 0) is 43.2 Å². The summed E-state index contributed by atoms with van der Waals surface area (Å²) in [5, 5.41) is 0. The van der Waals surface area contributed by atoms with Crippen LogP contribution in [-0.2, 0) is 10.0 Å². The summed E-state index contributed by atoms with van der Waals surface area (Å²) in [6.45, 7) is 1.89. The van der Waals surface area contributed by atoms with Crippen LogP contribution in [0.1, 0.15) is 18.4 Å². The van der Waals surface area contributed by atoms with Crippen molar-refractivity contribution in [2.45, 2.75) is 30.7 Å². The number of nitrogens with two attached hydrogens (primary N) is 1. The second kappa shape index (κ2) is 5.50. The van der Waals surface area contributed by atoms with E-state index in [0.717, 1.165) is 29.9 Å². The van der Waals surface area contributed by atoms with Crippen LogP contribution < -0.4 is 10.5 Å². The van der Waals surface area contributed by atoms with Gasteiger partial charge in [-0.25, -0.2) is 13.1 Å². The summed E-state index contributed by atoms with van der Waals surface area (Å²) in [6, 6.07) is 5.04. The summed E-state index contributed by atoms with van der Waals surface area (Å²) < 4.78 is 27.2. The summed E-state index contributed by atoms with van der Waals surface area (Å²) in [6.07, 6.45) is 1.96. The fourth-order valence-corrected chi connectivity index (χ4v) is 4.59. The fraction of sp³-hybridized carbons (Fsp3) is 0.500. The van der Waals surface area contributed by atoms with Gasteiger partial charge in [0.1, 0.15) is 4.90 Å². The number of thioether (sulfide) groups is 1. The molecule has 0 aromatic heterocycles. The predicted octanol–water partition coefficient (Wildman–Crippen LogP) is 1.75. The van der Waals surface area contributed by atoms with Crippen molar-refractivity contribution in [1.29, 1.82) is 0 Å². The molecule has 3 N–H and O–H groups in total. The van der Waals surface area contributed by atoms with E-state index in [9.17, 15) is 8.42 Å². The van der Waals surface area contributed by atoms with Crippen molar-refractivity contribution in [3.05, 3.63) is 23.8 Å². The topological polar surface area (TPSA) is 72.2 Å². The van der Waals surface area contributed by atoms with Crippen molar-refractivity contribution in [1.82, 2.24) is 4.72 Å². The molecule has 1 aliphatic heterocycles. The maximum absolute atomic E-state index is 12.2. The van der Waals surface area contributed by atoms with Crippen molar-refractivity contribution >= 4 is 27.5 Å². The Morgan fingerprint density at radius 1 is 1.44 bits per heavy atom. The molecule has 0 radical (unpaired) electrons. The monoisotopic (exact) mass is 286 g/mol. The second-order valence-corrected chi connectivity index (χ2v) is 7.41. The molecule has 0 bridgehead atoms. The first-order valence-corrected chi connectivity index (χ1v) is 8.59. The van der Waals surface area contributed by atoms with Crippen LogP contribution in [0.2, 0.25) is 0 Å². The van der Waals surface area contributed by atoms with Crippen LogP contribution in [0.5, 0.6) is 0 Å². The first kappa shape index (κ1) is 13.7. The molecule has 0 spiro atoms. The van der Waals surface area contributed by atoms with Gasteiger partial charge in [-0.2, -0.15) is 11.8 Å². The lowest BCUT2D eigenvalue weighted by Gasteiger charge is -2.22. The van der Waals surface area contributed by atoms with Crippen molar-refractivity contribution in [2.75, 3.05) is 17.2 Å². The van der Waals surface area contributed by atoms with Gasteiger partial charge in [0, 0.05) is 11.8 Å². The van der Waals surface area contributed by atoms with E-state index in [1.54, 1.807) is 30.0 Å². The van der Waals surface area contributed by atoms with Crippen LogP contribution in [0.15, 0.2) is 23.1 Å². The number of aryl methyl sites for hydroxylation is 1. The van der Waals surface area contributed by atoms with Crippen molar-refractivity contribution in [2.24, 2.45) is 0 Å². The van der Waals surface area contributed by atoms with Gasteiger partial charge in [0.25, 0.3) is 0 Å². The van der Waals surface area contributed by atoms with Crippen LogP contribution in [0.25, 0.3) is 0 Å². The summed E-state index contributed by atoms with van der Waals surface area (Å²) in [4.78, 5) is 0.184. The quantitative estimate of drug-likeness (QED) is 0.830. The third-order valence-electron chi connectivity index (χ3n) is 2.94. The number of hydrogen-bond donors (Lipinski definition) is 2. The fourth-order valence-electron chi connectivity index (χ4n) is 2.03. The van der Waals surface area contributed by atoms with E-state index in [4.69, 9.17) is 5.73 Å². The Labute approximate surface area is 112 Å². The summed E-state index contributed by atoms with van der Waals surface area (Å²) in [5.41, 5.74) is 7.06. The van der Waals surface area contributed by atoms with Gasteiger partial charge >= 0.3 is 0 Å². The highest BCUT2D eigenvalue weighted by Crippen LogP contribution is 2.22. The van der Waals surface area contributed by atoms with E-state index in [1.165, 1.54) is 0 Å². The van der Waals surface area contributed by atoms with Crippen molar-refractivity contribution < 1.29 is 8.42 Å². The Kier molecular flexibility index (Phi) is 4.19. The minimum Gasteiger partial charge on any atom is -0.398 e. The molecule has 2 rings (SSSR count). The van der Waals surface area contributed by atoms with Crippen LogP contribution in [0, 0.1) is 6.92 Å². The van der Waals surface area contributed by atoms with Crippen molar-refractivity contribution in [3.8, 4) is 0 Å². The molecule has 1 saturated heterocycles. The molecular weight excluding hydrogens is 268 g/mol. The van der Waals surface area contributed by atoms with Gasteiger partial charge in [-0.1, -0.05) is 6.07 Å². The number of hydrogen-bond acceptors (Lipinski definition) is 4. The van der Waals surface area contributed by atoms with Gasteiger partial charge in [0.15, 0.2) is 0 Å². The molecular formula is C12H18N2O2S2. The van der Waals surface area contributed by atoms with Gasteiger partial charge < -0.3 is 5.73 Å². The maximum atomic E-state index is 12.2. The highest BCUT2D eigenvalue weighted by molar-refractivity contribution is 7.99. The smallest absolute Gasteiger partial charge is 0.242 e. The molecule has 18 heavy (non-hydrogen) atoms. The number of rotatable bonds is 3. The third kappa shape index (κ3) is 3.18. The SMILES string of the molecule is Cc1ccc(S(=O)(=O)NC2CCCSC2)c(N)c1. The van der Waals surface area contributed by atoms with Crippen LogP contribution >= 0.6 is 11.8 Å². The number of nitrogen functional groups attached to an aromatic ring is 1. The van der Waals surface area contributed by atoms with Gasteiger partial charge in [-0.15, -0.1) is 0 Å². The predicted molar refractivity (Wildman–Crippen MR) is 76.3 cm³/mol. The first-order chi connectivity index (χ1) is 8.49. The molecule has 1 aromatic rings. The van der Waals surface area contributed by atoms with Gasteiger partial charge in [-0.3, -0.25) is 0 Å². The zero-order valence-corrected chi connectivity index (χ0v) is 12.0. The summed E-state index contributed by atoms with van der Waals surface area (Å²) in [7, 11) is -3.50. The minimum absolute atomic E-state index is 0.0226. The molecule has 100 valence electrons.